The lowest BCUT2D eigenvalue weighted by Crippen LogP contribution is -2.18. The molecule has 25 heavy (non-hydrogen) atoms. The molecule has 128 valence electrons. The average Bonchev–Trinajstić information content (AvgIpc) is 2.72. The van der Waals surface area contributed by atoms with Crippen molar-refractivity contribution in [3.05, 3.63) is 64.0 Å². The molecule has 2 aromatic heterocycles. The second-order valence-corrected chi connectivity index (χ2v) is 6.19. The first kappa shape index (κ1) is 17.0. The number of rotatable bonds is 3. The van der Waals surface area contributed by atoms with E-state index in [1.54, 1.807) is 18.9 Å². The molecule has 3 rings (SSSR count). The summed E-state index contributed by atoms with van der Waals surface area (Å²) in [5, 5.41) is 0. The van der Waals surface area contributed by atoms with Crippen molar-refractivity contribution in [3.63, 3.8) is 0 Å². The number of aryl methyl sites for hydroxylation is 2. The highest BCUT2D eigenvalue weighted by Gasteiger charge is 2.09. The zero-order valence-corrected chi connectivity index (χ0v) is 15.1. The fourth-order valence-corrected chi connectivity index (χ4v) is 3.28. The molecule has 7 heteroatoms. The number of methoxy groups -OCH3 is 1. The summed E-state index contributed by atoms with van der Waals surface area (Å²) in [6.45, 7) is 3.95. The topological polar surface area (TPSA) is 69.9 Å². The molecule has 0 unspecified atom stereocenters. The van der Waals surface area contributed by atoms with E-state index in [2.05, 4.69) is 15.0 Å². The number of nitrogens with zero attached hydrogens (tertiary/aromatic N) is 4. The van der Waals surface area contributed by atoms with Gasteiger partial charge in [-0.15, -0.1) is 11.3 Å². The minimum Gasteiger partial charge on any atom is -0.497 e. The maximum atomic E-state index is 13.0. The van der Waals surface area contributed by atoms with Gasteiger partial charge in [-0.1, -0.05) is 6.92 Å². The second kappa shape index (κ2) is 7.40. The number of hydrogen-bond acceptors (Lipinski definition) is 6. The summed E-state index contributed by atoms with van der Waals surface area (Å²) in [6, 6.07) is 7.27. The van der Waals surface area contributed by atoms with Crippen LogP contribution in [0.3, 0.4) is 0 Å². The lowest BCUT2D eigenvalue weighted by Gasteiger charge is -2.08. The highest BCUT2D eigenvalue weighted by atomic mass is 32.1. The third-order valence-corrected chi connectivity index (χ3v) is 4.75. The summed E-state index contributed by atoms with van der Waals surface area (Å²) in [6.07, 6.45) is 3.80. The average molecular weight is 354 g/mol. The van der Waals surface area contributed by atoms with E-state index in [0.717, 1.165) is 29.1 Å². The summed E-state index contributed by atoms with van der Waals surface area (Å²) in [7, 11) is 1.61. The maximum Gasteiger partial charge on any atom is 0.275 e. The van der Waals surface area contributed by atoms with E-state index in [4.69, 9.17) is 4.74 Å². The fraction of sp³-hybridized carbons (Fsp3) is 0.222. The van der Waals surface area contributed by atoms with Crippen LogP contribution in [0.25, 0.3) is 15.9 Å². The van der Waals surface area contributed by atoms with Crippen LogP contribution in [-0.4, -0.2) is 26.6 Å². The maximum absolute atomic E-state index is 13.0. The Morgan fingerprint density at radius 3 is 2.64 bits per heavy atom. The molecule has 2 heterocycles. The molecule has 0 radical (unpaired) electrons. The number of aromatic nitrogens is 4. The predicted molar refractivity (Wildman–Crippen MR) is 99.1 cm³/mol. The van der Waals surface area contributed by atoms with Gasteiger partial charge in [-0.05, 0) is 43.2 Å². The molecule has 6 nitrogen and oxygen atoms in total. The number of fused-ring (bicyclic) bond motifs is 1. The Morgan fingerprint density at radius 2 is 1.96 bits per heavy atom. The van der Waals surface area contributed by atoms with Gasteiger partial charge in [0.05, 0.1) is 23.8 Å². The van der Waals surface area contributed by atoms with Gasteiger partial charge in [-0.25, -0.2) is 15.0 Å². The van der Waals surface area contributed by atoms with Crippen LogP contribution in [0, 0.1) is 6.92 Å². The minimum absolute atomic E-state index is 0.136. The SMILES string of the molecule is CCc1ncncsc2c(=O)n(-c3ccc(OC)cc3)cnc2c1C. The Labute approximate surface area is 149 Å². The standard InChI is InChI=1S/C18H18N4O2S/c1-4-15-12(2)16-17(25-11-19-9-20-15)18(23)22(10-21-16)13-5-7-14(24-3)8-6-13/h5-11H,4H2,1-3H3. The van der Waals surface area contributed by atoms with Crippen molar-refractivity contribution in [2.75, 3.05) is 7.11 Å². The molecule has 0 amide bonds. The van der Waals surface area contributed by atoms with Crippen LogP contribution in [0.4, 0.5) is 0 Å². The normalized spacial score (nSPS) is 10.5. The van der Waals surface area contributed by atoms with Gasteiger partial charge in [0.1, 0.15) is 23.1 Å². The lowest BCUT2D eigenvalue weighted by atomic mass is 10.2. The fourth-order valence-electron chi connectivity index (χ4n) is 2.54. The van der Waals surface area contributed by atoms with Crippen LogP contribution in [-0.2, 0) is 6.42 Å². The van der Waals surface area contributed by atoms with Gasteiger partial charge < -0.3 is 4.74 Å². The molecule has 0 aliphatic carbocycles. The van der Waals surface area contributed by atoms with Gasteiger partial charge in [-0.3, -0.25) is 9.36 Å². The van der Waals surface area contributed by atoms with Crippen molar-refractivity contribution >= 4 is 21.6 Å². The largest absolute Gasteiger partial charge is 0.497 e. The smallest absolute Gasteiger partial charge is 0.275 e. The lowest BCUT2D eigenvalue weighted by molar-refractivity contribution is 0.414. The molecule has 3 aromatic rings. The molecule has 0 saturated carbocycles. The summed E-state index contributed by atoms with van der Waals surface area (Å²) in [5.74, 6) is 0.734. The van der Waals surface area contributed by atoms with Crippen LogP contribution in [0.2, 0.25) is 0 Å². The molecule has 0 saturated heterocycles. The summed E-state index contributed by atoms with van der Waals surface area (Å²) in [4.78, 5) is 26.0. The van der Waals surface area contributed by atoms with Gasteiger partial charge in [-0.2, -0.15) is 0 Å². The van der Waals surface area contributed by atoms with Crippen molar-refractivity contribution in [1.82, 2.24) is 19.5 Å². The van der Waals surface area contributed by atoms with E-state index in [-0.39, 0.29) is 5.56 Å². The first-order valence-electron chi connectivity index (χ1n) is 7.82. The van der Waals surface area contributed by atoms with Crippen molar-refractivity contribution in [1.29, 1.82) is 0 Å². The second-order valence-electron chi connectivity index (χ2n) is 5.34. The third kappa shape index (κ3) is 3.36. The van der Waals surface area contributed by atoms with Crippen LogP contribution >= 0.6 is 11.3 Å². The monoisotopic (exact) mass is 354 g/mol. The van der Waals surface area contributed by atoms with Crippen molar-refractivity contribution in [2.24, 2.45) is 0 Å². The molecule has 1 aromatic carbocycles. The molecular formula is C18H18N4O2S. The van der Waals surface area contributed by atoms with E-state index < -0.39 is 0 Å². The van der Waals surface area contributed by atoms with Gasteiger partial charge in [0.15, 0.2) is 0 Å². The van der Waals surface area contributed by atoms with Crippen LogP contribution < -0.4 is 10.3 Å². The molecule has 0 aliphatic heterocycles. The van der Waals surface area contributed by atoms with Crippen LogP contribution in [0.5, 0.6) is 5.75 Å². The molecule has 0 aliphatic rings. The first-order valence-corrected chi connectivity index (χ1v) is 8.70. The number of hydrogen-bond donors (Lipinski definition) is 0. The summed E-state index contributed by atoms with van der Waals surface area (Å²) >= 11 is 1.26. The highest BCUT2D eigenvalue weighted by Crippen LogP contribution is 2.18. The molecule has 0 atom stereocenters. The van der Waals surface area contributed by atoms with E-state index >= 15 is 0 Å². The predicted octanol–water partition coefficient (Wildman–Crippen LogP) is 3.24. The van der Waals surface area contributed by atoms with Crippen molar-refractivity contribution < 1.29 is 4.74 Å². The molecular weight excluding hydrogens is 336 g/mol. The molecule has 0 fully saturated rings. The van der Waals surface area contributed by atoms with E-state index in [1.807, 2.05) is 38.1 Å². The van der Waals surface area contributed by atoms with Gasteiger partial charge in [0, 0.05) is 5.69 Å². The van der Waals surface area contributed by atoms with Crippen molar-refractivity contribution in [3.8, 4) is 11.4 Å². The number of benzene rings is 1. The Balaban J connectivity index is 2.32. The van der Waals surface area contributed by atoms with E-state index in [1.165, 1.54) is 22.2 Å². The zero-order valence-electron chi connectivity index (χ0n) is 14.3. The Kier molecular flexibility index (Phi) is 5.04. The van der Waals surface area contributed by atoms with Gasteiger partial charge in [0.2, 0.25) is 0 Å². The molecule has 0 spiro atoms. The third-order valence-electron chi connectivity index (χ3n) is 3.92. The summed E-state index contributed by atoms with van der Waals surface area (Å²) in [5.41, 5.74) is 4.62. The minimum atomic E-state index is -0.136. The molecule has 0 N–H and O–H groups in total. The van der Waals surface area contributed by atoms with Crippen LogP contribution in [0.1, 0.15) is 18.2 Å². The summed E-state index contributed by atoms with van der Waals surface area (Å²) < 4.78 is 7.23. The Morgan fingerprint density at radius 1 is 1.20 bits per heavy atom. The van der Waals surface area contributed by atoms with Gasteiger partial charge in [0.25, 0.3) is 5.56 Å². The first-order chi connectivity index (χ1) is 12.2. The van der Waals surface area contributed by atoms with Gasteiger partial charge >= 0.3 is 0 Å². The van der Waals surface area contributed by atoms with E-state index in [0.29, 0.717) is 10.2 Å². The Bertz CT molecular complexity index is 1010. The molecule has 0 bridgehead atoms. The number of ether oxygens (including phenoxy) is 1. The quantitative estimate of drug-likeness (QED) is 0.722. The van der Waals surface area contributed by atoms with Crippen molar-refractivity contribution in [2.45, 2.75) is 20.3 Å². The van der Waals surface area contributed by atoms with E-state index in [9.17, 15) is 4.79 Å². The zero-order chi connectivity index (χ0) is 17.8. The Hall–Kier alpha value is -2.80. The highest BCUT2D eigenvalue weighted by molar-refractivity contribution is 7.16. The van der Waals surface area contributed by atoms with Crippen LogP contribution in [0.15, 0.2) is 47.2 Å².